The molecule has 4 heteroatoms. The van der Waals surface area contributed by atoms with Gasteiger partial charge in [0.15, 0.2) is 11.5 Å². The summed E-state index contributed by atoms with van der Waals surface area (Å²) in [5.74, 6) is 2.03. The number of carbonyl (C=O) groups excluding carboxylic acids is 1. The Kier molecular flexibility index (Phi) is 2.80. The Labute approximate surface area is 125 Å². The second-order valence-electron chi connectivity index (χ2n) is 6.50. The Hall–Kier alpha value is -1.55. The first-order valence-corrected chi connectivity index (χ1v) is 7.69. The SMILES string of the molecule is COc1cc2c(cc1OC)[C@]13CCC(=O)C[C@H]1N(CC3)C2. The van der Waals surface area contributed by atoms with Crippen LogP contribution in [-0.4, -0.2) is 37.5 Å². The number of benzene rings is 1. The standard InChI is InChI=1S/C17H21NO3/c1-20-14-7-11-10-18-6-5-17(13(11)9-15(14)21-2)4-3-12(19)8-16(17)18/h7,9,16H,3-6,8,10H2,1-2H3/t16-,17-/m1/s1. The average Bonchev–Trinajstić information content (AvgIpc) is 2.78. The maximum absolute atomic E-state index is 11.9. The molecular weight excluding hydrogens is 266 g/mol. The number of ether oxygens (including phenoxy) is 2. The Morgan fingerprint density at radius 2 is 1.95 bits per heavy atom. The van der Waals surface area contributed by atoms with E-state index >= 15 is 0 Å². The van der Waals surface area contributed by atoms with E-state index in [1.165, 1.54) is 11.1 Å². The molecule has 112 valence electrons. The first-order chi connectivity index (χ1) is 10.2. The fourth-order valence-corrected chi connectivity index (χ4v) is 4.68. The third kappa shape index (κ3) is 1.68. The number of hydrogen-bond acceptors (Lipinski definition) is 4. The molecule has 0 radical (unpaired) electrons. The first kappa shape index (κ1) is 13.1. The molecule has 1 aromatic rings. The molecule has 3 atom stereocenters. The second-order valence-corrected chi connectivity index (χ2v) is 6.50. The van der Waals surface area contributed by atoms with Gasteiger partial charge < -0.3 is 9.47 Å². The minimum absolute atomic E-state index is 0.154. The van der Waals surface area contributed by atoms with Gasteiger partial charge in [-0.15, -0.1) is 0 Å². The van der Waals surface area contributed by atoms with E-state index in [0.717, 1.165) is 43.9 Å². The van der Waals surface area contributed by atoms with Crippen molar-refractivity contribution in [1.29, 1.82) is 0 Å². The number of hydrogen-bond donors (Lipinski definition) is 0. The monoisotopic (exact) mass is 287 g/mol. The van der Waals surface area contributed by atoms with Crippen molar-refractivity contribution in [1.82, 2.24) is 4.90 Å². The summed E-state index contributed by atoms with van der Waals surface area (Å²) < 4.78 is 10.9. The quantitative estimate of drug-likeness (QED) is 0.836. The molecular formula is C17H21NO3. The van der Waals surface area contributed by atoms with Gasteiger partial charge in [0.25, 0.3) is 0 Å². The number of methoxy groups -OCH3 is 2. The van der Waals surface area contributed by atoms with Crippen LogP contribution in [0.15, 0.2) is 12.1 Å². The van der Waals surface area contributed by atoms with Crippen molar-refractivity contribution in [2.24, 2.45) is 0 Å². The van der Waals surface area contributed by atoms with Gasteiger partial charge in [0.1, 0.15) is 5.78 Å². The molecule has 0 amide bonds. The van der Waals surface area contributed by atoms with Crippen molar-refractivity contribution in [2.45, 2.75) is 43.7 Å². The van der Waals surface area contributed by atoms with Gasteiger partial charge in [-0.1, -0.05) is 0 Å². The van der Waals surface area contributed by atoms with Crippen molar-refractivity contribution < 1.29 is 14.3 Å². The molecule has 2 heterocycles. The lowest BCUT2D eigenvalue weighted by molar-refractivity contribution is -0.123. The van der Waals surface area contributed by atoms with Crippen molar-refractivity contribution >= 4 is 5.78 Å². The molecule has 0 aromatic heterocycles. The van der Waals surface area contributed by atoms with Crippen LogP contribution in [0.1, 0.15) is 36.8 Å². The Bertz CT molecular complexity index is 612. The number of ketones is 1. The molecule has 2 fully saturated rings. The van der Waals surface area contributed by atoms with E-state index in [4.69, 9.17) is 9.47 Å². The summed E-state index contributed by atoms with van der Waals surface area (Å²) in [5.41, 5.74) is 2.89. The molecule has 21 heavy (non-hydrogen) atoms. The van der Waals surface area contributed by atoms with Crippen molar-refractivity contribution in [2.75, 3.05) is 20.8 Å². The molecule has 4 nitrogen and oxygen atoms in total. The molecule has 4 rings (SSSR count). The van der Waals surface area contributed by atoms with Gasteiger partial charge >= 0.3 is 0 Å². The highest BCUT2D eigenvalue weighted by molar-refractivity contribution is 5.81. The Morgan fingerprint density at radius 3 is 2.71 bits per heavy atom. The Balaban J connectivity index is 1.87. The van der Waals surface area contributed by atoms with Gasteiger partial charge in [0, 0.05) is 30.8 Å². The van der Waals surface area contributed by atoms with E-state index in [1.54, 1.807) is 14.2 Å². The molecule has 0 N–H and O–H groups in total. The molecule has 1 unspecified atom stereocenters. The van der Waals surface area contributed by atoms with Gasteiger partial charge in [0.05, 0.1) is 14.2 Å². The third-order valence-electron chi connectivity index (χ3n) is 5.71. The molecule has 1 saturated heterocycles. The second kappa shape index (κ2) is 4.47. The van der Waals surface area contributed by atoms with E-state index in [0.29, 0.717) is 18.2 Å². The van der Waals surface area contributed by atoms with Gasteiger partial charge in [0.2, 0.25) is 0 Å². The molecule has 0 spiro atoms. The van der Waals surface area contributed by atoms with Crippen molar-refractivity contribution in [3.63, 3.8) is 0 Å². The van der Waals surface area contributed by atoms with Crippen LogP contribution in [0.25, 0.3) is 0 Å². The van der Waals surface area contributed by atoms with Crippen LogP contribution in [-0.2, 0) is 16.8 Å². The fraction of sp³-hybridized carbons (Fsp3) is 0.588. The van der Waals surface area contributed by atoms with Crippen LogP contribution >= 0.6 is 0 Å². The normalized spacial score (nSPS) is 33.3. The molecule has 1 aromatic carbocycles. The van der Waals surface area contributed by atoms with E-state index in [-0.39, 0.29) is 5.41 Å². The van der Waals surface area contributed by atoms with Crippen molar-refractivity contribution in [3.8, 4) is 11.5 Å². The van der Waals surface area contributed by atoms with Crippen molar-refractivity contribution in [3.05, 3.63) is 23.3 Å². The minimum atomic E-state index is 0.154. The van der Waals surface area contributed by atoms with Crippen LogP contribution in [0, 0.1) is 0 Å². The van der Waals surface area contributed by atoms with Gasteiger partial charge in [-0.3, -0.25) is 9.69 Å². The van der Waals surface area contributed by atoms with Crippen LogP contribution in [0.2, 0.25) is 0 Å². The minimum Gasteiger partial charge on any atom is -0.493 e. The topological polar surface area (TPSA) is 38.8 Å². The average molecular weight is 287 g/mol. The number of rotatable bonds is 2. The van der Waals surface area contributed by atoms with E-state index in [2.05, 4.69) is 17.0 Å². The van der Waals surface area contributed by atoms with E-state index < -0.39 is 0 Å². The fourth-order valence-electron chi connectivity index (χ4n) is 4.68. The van der Waals surface area contributed by atoms with Crippen LogP contribution in [0.3, 0.4) is 0 Å². The summed E-state index contributed by atoms with van der Waals surface area (Å²) >= 11 is 0. The predicted molar refractivity (Wildman–Crippen MR) is 78.9 cm³/mol. The molecule has 3 aliphatic rings. The zero-order chi connectivity index (χ0) is 14.6. The van der Waals surface area contributed by atoms with E-state index in [1.807, 2.05) is 0 Å². The summed E-state index contributed by atoms with van der Waals surface area (Å²) in [7, 11) is 3.37. The summed E-state index contributed by atoms with van der Waals surface area (Å²) in [6.07, 6.45) is 3.58. The maximum atomic E-state index is 11.9. The lowest BCUT2D eigenvalue weighted by atomic mass is 9.63. The first-order valence-electron chi connectivity index (χ1n) is 7.69. The lowest BCUT2D eigenvalue weighted by Crippen LogP contribution is -2.50. The smallest absolute Gasteiger partial charge is 0.161 e. The number of Topliss-reactive ketones (excluding diaryl/α,β-unsaturated/α-hetero) is 1. The summed E-state index contributed by atoms with van der Waals surface area (Å²) in [4.78, 5) is 14.4. The number of carbonyl (C=O) groups is 1. The number of nitrogens with zero attached hydrogens (tertiary/aromatic N) is 1. The molecule has 1 aliphatic carbocycles. The lowest BCUT2D eigenvalue weighted by Gasteiger charge is -2.46. The maximum Gasteiger partial charge on any atom is 0.161 e. The summed E-state index contributed by atoms with van der Waals surface area (Å²) in [5, 5.41) is 0. The number of fused-ring (bicyclic) bond motifs is 1. The third-order valence-corrected chi connectivity index (χ3v) is 5.71. The van der Waals surface area contributed by atoms with E-state index in [9.17, 15) is 4.79 Å². The predicted octanol–water partition coefficient (Wildman–Crippen LogP) is 2.28. The largest absolute Gasteiger partial charge is 0.493 e. The highest BCUT2D eigenvalue weighted by Crippen LogP contribution is 2.54. The van der Waals surface area contributed by atoms with Gasteiger partial charge in [-0.05, 0) is 42.6 Å². The van der Waals surface area contributed by atoms with Crippen LogP contribution in [0.5, 0.6) is 11.5 Å². The van der Waals surface area contributed by atoms with Crippen LogP contribution < -0.4 is 9.47 Å². The summed E-state index contributed by atoms with van der Waals surface area (Å²) in [6, 6.07) is 4.69. The zero-order valence-corrected chi connectivity index (χ0v) is 12.6. The zero-order valence-electron chi connectivity index (χ0n) is 12.6. The summed E-state index contributed by atoms with van der Waals surface area (Å²) in [6.45, 7) is 2.02. The van der Waals surface area contributed by atoms with Gasteiger partial charge in [-0.2, -0.15) is 0 Å². The highest BCUT2D eigenvalue weighted by Gasteiger charge is 2.54. The molecule has 2 aliphatic heterocycles. The highest BCUT2D eigenvalue weighted by atomic mass is 16.5. The molecule has 2 bridgehead atoms. The van der Waals surface area contributed by atoms with Gasteiger partial charge in [-0.25, -0.2) is 0 Å². The van der Waals surface area contributed by atoms with Crippen LogP contribution in [0.4, 0.5) is 0 Å². The molecule has 1 saturated carbocycles. The Morgan fingerprint density at radius 1 is 1.19 bits per heavy atom.